The molecule has 0 unspecified atom stereocenters. The second-order valence-electron chi connectivity index (χ2n) is 6.95. The number of aromatic nitrogens is 5. The highest BCUT2D eigenvalue weighted by molar-refractivity contribution is 7.98. The molecule has 4 aromatic rings. The number of nitrogens with two attached hydrogens (primary N) is 1. The molecule has 0 saturated carbocycles. The largest absolute Gasteiger partial charge is 0.461 e. The van der Waals surface area contributed by atoms with Crippen LogP contribution in [0.1, 0.15) is 23.4 Å². The van der Waals surface area contributed by atoms with Crippen molar-refractivity contribution in [2.45, 2.75) is 37.7 Å². The third kappa shape index (κ3) is 4.30. The molecule has 0 radical (unpaired) electrons. The van der Waals surface area contributed by atoms with Crippen molar-refractivity contribution < 1.29 is 9.21 Å². The number of carbonyl (C=O) groups excluding carboxylic acids is 1. The SMILES string of the molecule is Cc1cc(C)n(-c2ccc(CSc3nnc(-c4ccco4)n3CCC(N)=O)cc2)n1. The minimum Gasteiger partial charge on any atom is -0.461 e. The first-order valence-electron chi connectivity index (χ1n) is 9.52. The first kappa shape index (κ1) is 20.0. The standard InChI is InChI=1S/C21H22N6O2S/c1-14-12-15(2)27(25-14)17-7-5-16(6-8-17)13-30-21-24-23-20(18-4-3-11-29-18)26(21)10-9-19(22)28/h3-8,11-12H,9-10,13H2,1-2H3,(H2,22,28). The summed E-state index contributed by atoms with van der Waals surface area (Å²) in [6, 6.07) is 13.9. The van der Waals surface area contributed by atoms with Gasteiger partial charge >= 0.3 is 0 Å². The Labute approximate surface area is 178 Å². The molecule has 0 fully saturated rings. The molecule has 0 spiro atoms. The van der Waals surface area contributed by atoms with E-state index in [9.17, 15) is 4.79 Å². The van der Waals surface area contributed by atoms with Gasteiger partial charge < -0.3 is 10.2 Å². The molecule has 0 bridgehead atoms. The van der Waals surface area contributed by atoms with Crippen molar-refractivity contribution in [1.29, 1.82) is 0 Å². The van der Waals surface area contributed by atoms with E-state index in [-0.39, 0.29) is 12.3 Å². The molecule has 3 heterocycles. The number of amides is 1. The summed E-state index contributed by atoms with van der Waals surface area (Å²) >= 11 is 1.55. The Morgan fingerprint density at radius 1 is 1.17 bits per heavy atom. The Hall–Kier alpha value is -3.33. The Kier molecular flexibility index (Phi) is 5.71. The number of aryl methyl sites for hydroxylation is 2. The van der Waals surface area contributed by atoms with Crippen molar-refractivity contribution in [2.24, 2.45) is 5.73 Å². The van der Waals surface area contributed by atoms with E-state index >= 15 is 0 Å². The number of rotatable bonds is 8. The molecule has 1 aromatic carbocycles. The third-order valence-electron chi connectivity index (χ3n) is 4.60. The summed E-state index contributed by atoms with van der Waals surface area (Å²) in [6.45, 7) is 4.43. The zero-order valence-corrected chi connectivity index (χ0v) is 17.6. The smallest absolute Gasteiger partial charge is 0.219 e. The van der Waals surface area contributed by atoms with Crippen LogP contribution in [0.15, 0.2) is 58.3 Å². The van der Waals surface area contributed by atoms with Gasteiger partial charge in [-0.1, -0.05) is 23.9 Å². The van der Waals surface area contributed by atoms with Crippen LogP contribution in [0.4, 0.5) is 0 Å². The van der Waals surface area contributed by atoms with E-state index < -0.39 is 0 Å². The lowest BCUT2D eigenvalue weighted by Crippen LogP contribution is -2.15. The summed E-state index contributed by atoms with van der Waals surface area (Å²) < 4.78 is 9.26. The van der Waals surface area contributed by atoms with Crippen molar-refractivity contribution in [3.63, 3.8) is 0 Å². The van der Waals surface area contributed by atoms with Gasteiger partial charge in [0.2, 0.25) is 5.91 Å². The highest BCUT2D eigenvalue weighted by atomic mass is 32.2. The van der Waals surface area contributed by atoms with Crippen LogP contribution in [-0.4, -0.2) is 30.5 Å². The van der Waals surface area contributed by atoms with Gasteiger partial charge in [-0.2, -0.15) is 5.10 Å². The van der Waals surface area contributed by atoms with Crippen LogP contribution in [0, 0.1) is 13.8 Å². The monoisotopic (exact) mass is 422 g/mol. The summed E-state index contributed by atoms with van der Waals surface area (Å²) in [7, 11) is 0. The van der Waals surface area contributed by atoms with Crippen LogP contribution in [0.3, 0.4) is 0 Å². The van der Waals surface area contributed by atoms with E-state index in [1.165, 1.54) is 0 Å². The third-order valence-corrected chi connectivity index (χ3v) is 5.64. The maximum atomic E-state index is 11.3. The molecular formula is C21H22N6O2S. The average molecular weight is 423 g/mol. The minimum atomic E-state index is -0.371. The van der Waals surface area contributed by atoms with Crippen LogP contribution in [0.5, 0.6) is 0 Å². The lowest BCUT2D eigenvalue weighted by atomic mass is 10.2. The lowest BCUT2D eigenvalue weighted by Gasteiger charge is -2.09. The molecule has 0 aliphatic rings. The molecule has 0 aliphatic carbocycles. The predicted molar refractivity (Wildman–Crippen MR) is 114 cm³/mol. The van der Waals surface area contributed by atoms with Gasteiger partial charge in [0.1, 0.15) is 0 Å². The Balaban J connectivity index is 1.50. The van der Waals surface area contributed by atoms with Gasteiger partial charge in [0.25, 0.3) is 0 Å². The predicted octanol–water partition coefficient (Wildman–Crippen LogP) is 3.51. The normalized spacial score (nSPS) is 11.1. The maximum Gasteiger partial charge on any atom is 0.219 e. The van der Waals surface area contributed by atoms with Gasteiger partial charge in [0.15, 0.2) is 16.7 Å². The van der Waals surface area contributed by atoms with Gasteiger partial charge in [0, 0.05) is 24.4 Å². The van der Waals surface area contributed by atoms with Gasteiger partial charge in [-0.15, -0.1) is 10.2 Å². The average Bonchev–Trinajstić information content (AvgIpc) is 3.45. The van der Waals surface area contributed by atoms with Crippen molar-refractivity contribution in [2.75, 3.05) is 0 Å². The van der Waals surface area contributed by atoms with E-state index in [0.717, 1.165) is 22.6 Å². The number of primary amides is 1. The number of nitrogens with zero attached hydrogens (tertiary/aromatic N) is 5. The summed E-state index contributed by atoms with van der Waals surface area (Å²) in [6.07, 6.45) is 1.79. The maximum absolute atomic E-state index is 11.3. The first-order valence-corrected chi connectivity index (χ1v) is 10.5. The van der Waals surface area contributed by atoms with Crippen LogP contribution in [0.25, 0.3) is 17.3 Å². The van der Waals surface area contributed by atoms with Gasteiger partial charge in [-0.3, -0.25) is 9.36 Å². The number of thioether (sulfide) groups is 1. The van der Waals surface area contributed by atoms with E-state index in [2.05, 4.69) is 45.6 Å². The molecule has 4 rings (SSSR count). The number of hydrogen-bond donors (Lipinski definition) is 1. The number of carbonyl (C=O) groups is 1. The van der Waals surface area contributed by atoms with Crippen molar-refractivity contribution in [1.82, 2.24) is 24.5 Å². The number of furan rings is 1. The fourth-order valence-corrected chi connectivity index (χ4v) is 4.10. The molecule has 8 nitrogen and oxygen atoms in total. The highest BCUT2D eigenvalue weighted by Gasteiger charge is 2.17. The summed E-state index contributed by atoms with van der Waals surface area (Å²) in [5, 5.41) is 13.8. The molecule has 0 atom stereocenters. The van der Waals surface area contributed by atoms with Crippen molar-refractivity contribution in [3.8, 4) is 17.3 Å². The quantitative estimate of drug-likeness (QED) is 0.436. The molecule has 30 heavy (non-hydrogen) atoms. The summed E-state index contributed by atoms with van der Waals surface area (Å²) in [5.74, 6) is 1.53. The number of hydrogen-bond acceptors (Lipinski definition) is 6. The molecule has 154 valence electrons. The molecule has 0 saturated heterocycles. The van der Waals surface area contributed by atoms with E-state index in [1.54, 1.807) is 24.1 Å². The molecule has 3 aromatic heterocycles. The number of benzene rings is 1. The summed E-state index contributed by atoms with van der Waals surface area (Å²) in [5.41, 5.74) is 9.61. The van der Waals surface area contributed by atoms with Gasteiger partial charge in [-0.05, 0) is 49.7 Å². The van der Waals surface area contributed by atoms with Crippen LogP contribution >= 0.6 is 11.8 Å². The molecule has 2 N–H and O–H groups in total. The highest BCUT2D eigenvalue weighted by Crippen LogP contribution is 2.27. The van der Waals surface area contributed by atoms with Crippen molar-refractivity contribution >= 4 is 17.7 Å². The fourth-order valence-electron chi connectivity index (χ4n) is 3.18. The first-order chi connectivity index (χ1) is 14.5. The molecule has 0 aliphatic heterocycles. The van der Waals surface area contributed by atoms with Crippen LogP contribution in [0.2, 0.25) is 0 Å². The van der Waals surface area contributed by atoms with E-state index in [0.29, 0.717) is 29.0 Å². The van der Waals surface area contributed by atoms with Gasteiger partial charge in [-0.25, -0.2) is 4.68 Å². The topological polar surface area (TPSA) is 105 Å². The zero-order chi connectivity index (χ0) is 21.1. The Bertz CT molecular complexity index is 1150. The van der Waals surface area contributed by atoms with E-state index in [1.807, 2.05) is 29.2 Å². The molecule has 1 amide bonds. The Morgan fingerprint density at radius 2 is 1.97 bits per heavy atom. The molecular weight excluding hydrogens is 400 g/mol. The second-order valence-corrected chi connectivity index (χ2v) is 7.89. The minimum absolute atomic E-state index is 0.205. The molecule has 9 heteroatoms. The van der Waals surface area contributed by atoms with E-state index in [4.69, 9.17) is 10.2 Å². The second kappa shape index (κ2) is 8.58. The zero-order valence-electron chi connectivity index (χ0n) is 16.8. The summed E-state index contributed by atoms with van der Waals surface area (Å²) in [4.78, 5) is 11.3. The van der Waals surface area contributed by atoms with Crippen molar-refractivity contribution in [3.05, 3.63) is 65.7 Å². The van der Waals surface area contributed by atoms with Crippen LogP contribution in [-0.2, 0) is 17.1 Å². The Morgan fingerprint density at radius 3 is 2.60 bits per heavy atom. The lowest BCUT2D eigenvalue weighted by molar-refractivity contribution is -0.118. The van der Waals surface area contributed by atoms with Gasteiger partial charge in [0.05, 0.1) is 17.6 Å². The van der Waals surface area contributed by atoms with Crippen LogP contribution < -0.4 is 5.73 Å². The fraction of sp³-hybridized carbons (Fsp3) is 0.238.